The lowest BCUT2D eigenvalue weighted by atomic mass is 9.81. The summed E-state index contributed by atoms with van der Waals surface area (Å²) in [7, 11) is -4.66. The van der Waals surface area contributed by atoms with Crippen molar-refractivity contribution in [3.05, 3.63) is 65.0 Å². The highest BCUT2D eigenvalue weighted by Gasteiger charge is 2.73. The van der Waals surface area contributed by atoms with Gasteiger partial charge >= 0.3 is 24.0 Å². The second kappa shape index (κ2) is 11.0. The molecule has 0 bridgehead atoms. The monoisotopic (exact) mass is 641 g/mol. The normalized spacial score (nSPS) is 23.8. The molecule has 2 aromatic carbocycles. The Morgan fingerprint density at radius 2 is 1.42 bits per heavy atom. The summed E-state index contributed by atoms with van der Waals surface area (Å²) < 4.78 is 135. The fourth-order valence-corrected chi connectivity index (χ4v) is 7.97. The zero-order valence-corrected chi connectivity index (χ0v) is 23.4. The van der Waals surface area contributed by atoms with Crippen LogP contribution >= 0.6 is 0 Å². The third kappa shape index (κ3) is 5.48. The van der Waals surface area contributed by atoms with Gasteiger partial charge in [-0.15, -0.1) is 0 Å². The zero-order valence-electron chi connectivity index (χ0n) is 22.6. The molecule has 0 radical (unpaired) electrons. The zero-order chi connectivity index (χ0) is 32.2. The second-order valence-corrected chi connectivity index (χ2v) is 13.3. The SMILES string of the molecule is Cc1ccc(S(=O)(=O)[C@]2(c3ccc(C(F)(C(F)(F)F)C(F)(F)F)cc3)CCN(C(=O)C3CCC(C(=O)O)CC3)C2)cc1F. The van der Waals surface area contributed by atoms with Gasteiger partial charge in [0.25, 0.3) is 0 Å². The van der Waals surface area contributed by atoms with Crippen LogP contribution in [0.4, 0.5) is 35.1 Å². The number of aryl methyl sites for hydroxylation is 1. The molecule has 0 unspecified atom stereocenters. The van der Waals surface area contributed by atoms with Crippen molar-refractivity contribution in [1.29, 1.82) is 0 Å². The average Bonchev–Trinajstić information content (AvgIpc) is 3.40. The van der Waals surface area contributed by atoms with Crippen LogP contribution in [0.1, 0.15) is 48.8 Å². The molecule has 236 valence electrons. The molecular weight excluding hydrogens is 614 g/mol. The molecule has 43 heavy (non-hydrogen) atoms. The first-order valence-electron chi connectivity index (χ1n) is 13.2. The van der Waals surface area contributed by atoms with Crippen molar-refractivity contribution in [2.45, 2.75) is 66.7 Å². The molecule has 1 saturated heterocycles. The number of rotatable bonds is 6. The van der Waals surface area contributed by atoms with Crippen molar-refractivity contribution in [2.24, 2.45) is 11.8 Å². The third-order valence-electron chi connectivity index (χ3n) is 8.53. The largest absolute Gasteiger partial charge is 0.481 e. The number of nitrogens with zero attached hydrogens (tertiary/aromatic N) is 1. The Hall–Kier alpha value is -3.23. The standard InChI is InChI=1S/C28H27F8NO5S/c1-16-2-11-21(14-22(16)29)43(41,42)25(12-13-37(15-25)23(38)17-3-5-18(6-4-17)24(39)40)19-7-9-20(10-8-19)26(30,27(31,32)33)28(34,35)36/h2,7-11,14,17-18H,3-6,12-13,15H2,1H3,(H,39,40)/t17?,18?,25-/m1/s1. The van der Waals surface area contributed by atoms with Gasteiger partial charge in [-0.3, -0.25) is 9.59 Å². The maximum atomic E-state index is 14.7. The van der Waals surface area contributed by atoms with E-state index < -0.39 is 79.1 Å². The number of halogens is 8. The number of benzene rings is 2. The predicted molar refractivity (Wildman–Crippen MR) is 136 cm³/mol. The Balaban J connectivity index is 1.77. The average molecular weight is 642 g/mol. The van der Waals surface area contributed by atoms with Gasteiger partial charge in [0.2, 0.25) is 5.91 Å². The predicted octanol–water partition coefficient (Wildman–Crippen LogP) is 6.22. The highest BCUT2D eigenvalue weighted by molar-refractivity contribution is 7.92. The van der Waals surface area contributed by atoms with Crippen LogP contribution < -0.4 is 0 Å². The molecule has 0 aromatic heterocycles. The fourth-order valence-electron chi connectivity index (χ4n) is 5.88. The molecule has 2 aromatic rings. The van der Waals surface area contributed by atoms with Crippen LogP contribution in [0.25, 0.3) is 0 Å². The number of hydrogen-bond acceptors (Lipinski definition) is 4. The van der Waals surface area contributed by atoms with Crippen molar-refractivity contribution in [2.75, 3.05) is 13.1 Å². The highest BCUT2D eigenvalue weighted by Crippen LogP contribution is 2.54. The maximum absolute atomic E-state index is 14.7. The Morgan fingerprint density at radius 3 is 1.91 bits per heavy atom. The summed E-state index contributed by atoms with van der Waals surface area (Å²) in [6, 6.07) is 4.73. The molecule has 1 N–H and O–H groups in total. The number of carboxylic acid groups (broad SMARTS) is 1. The van der Waals surface area contributed by atoms with Crippen molar-refractivity contribution >= 4 is 21.7 Å². The quantitative estimate of drug-likeness (QED) is 0.379. The van der Waals surface area contributed by atoms with Gasteiger partial charge in [0.1, 0.15) is 10.6 Å². The van der Waals surface area contributed by atoms with Gasteiger partial charge in [-0.2, -0.15) is 26.3 Å². The number of sulfone groups is 1. The minimum atomic E-state index is -6.38. The molecule has 1 aliphatic heterocycles. The van der Waals surface area contributed by atoms with Gasteiger partial charge in [0.05, 0.1) is 10.8 Å². The van der Waals surface area contributed by atoms with Crippen LogP contribution in [0, 0.1) is 24.6 Å². The number of carbonyl (C=O) groups excluding carboxylic acids is 1. The number of alkyl halides is 7. The van der Waals surface area contributed by atoms with Crippen LogP contribution in [0.2, 0.25) is 0 Å². The number of hydrogen-bond donors (Lipinski definition) is 1. The van der Waals surface area contributed by atoms with E-state index in [1.54, 1.807) is 0 Å². The first-order chi connectivity index (χ1) is 19.8. The molecule has 1 amide bonds. The molecule has 1 atom stereocenters. The number of likely N-dealkylation sites (tertiary alicyclic amines) is 1. The van der Waals surface area contributed by atoms with E-state index in [2.05, 4.69) is 0 Å². The molecule has 1 heterocycles. The van der Waals surface area contributed by atoms with E-state index in [0.29, 0.717) is 12.1 Å². The molecular formula is C28H27F8NO5S. The Labute approximate surface area is 241 Å². The lowest BCUT2D eigenvalue weighted by Gasteiger charge is -2.33. The number of carboxylic acids is 1. The van der Waals surface area contributed by atoms with Gasteiger partial charge < -0.3 is 10.0 Å². The molecule has 15 heteroatoms. The summed E-state index contributed by atoms with van der Waals surface area (Å²) in [4.78, 5) is 25.3. The van der Waals surface area contributed by atoms with E-state index >= 15 is 0 Å². The maximum Gasteiger partial charge on any atom is 0.435 e. The van der Waals surface area contributed by atoms with Gasteiger partial charge in [0, 0.05) is 24.6 Å². The topological polar surface area (TPSA) is 91.8 Å². The molecule has 1 saturated carbocycles. The van der Waals surface area contributed by atoms with Crippen molar-refractivity contribution in [3.63, 3.8) is 0 Å². The summed E-state index contributed by atoms with van der Waals surface area (Å²) in [5.74, 6) is -3.62. The van der Waals surface area contributed by atoms with E-state index in [-0.39, 0.29) is 61.9 Å². The van der Waals surface area contributed by atoms with Crippen LogP contribution in [-0.4, -0.2) is 55.7 Å². The first-order valence-corrected chi connectivity index (χ1v) is 14.7. The van der Waals surface area contributed by atoms with Crippen molar-refractivity contribution < 1.29 is 58.2 Å². The lowest BCUT2D eigenvalue weighted by Crippen LogP contribution is -2.50. The van der Waals surface area contributed by atoms with Gasteiger partial charge in [-0.05, 0) is 62.3 Å². The third-order valence-corrected chi connectivity index (χ3v) is 11.0. The Kier molecular flexibility index (Phi) is 8.39. The summed E-state index contributed by atoms with van der Waals surface area (Å²) in [6.07, 6.45) is -12.2. The van der Waals surface area contributed by atoms with E-state index in [9.17, 15) is 58.2 Å². The van der Waals surface area contributed by atoms with Gasteiger partial charge in [-0.1, -0.05) is 30.3 Å². The summed E-state index contributed by atoms with van der Waals surface area (Å²) >= 11 is 0. The minimum Gasteiger partial charge on any atom is -0.481 e. The van der Waals surface area contributed by atoms with Crippen molar-refractivity contribution in [3.8, 4) is 0 Å². The molecule has 4 rings (SSSR count). The minimum absolute atomic E-state index is 0.108. The smallest absolute Gasteiger partial charge is 0.435 e. The Morgan fingerprint density at radius 1 is 0.884 bits per heavy atom. The highest BCUT2D eigenvalue weighted by atomic mass is 32.2. The fraction of sp³-hybridized carbons (Fsp3) is 0.500. The lowest BCUT2D eigenvalue weighted by molar-refractivity contribution is -0.348. The second-order valence-electron chi connectivity index (χ2n) is 11.0. The molecule has 2 fully saturated rings. The van der Waals surface area contributed by atoms with Crippen LogP contribution in [0.3, 0.4) is 0 Å². The first kappa shape index (κ1) is 32.7. The van der Waals surface area contributed by atoms with Gasteiger partial charge in [0.15, 0.2) is 9.84 Å². The summed E-state index contributed by atoms with van der Waals surface area (Å²) in [5.41, 5.74) is -7.76. The number of aliphatic carboxylic acids is 1. The number of amides is 1. The molecule has 2 aliphatic rings. The Bertz CT molecular complexity index is 1480. The van der Waals surface area contributed by atoms with E-state index in [0.717, 1.165) is 12.1 Å². The van der Waals surface area contributed by atoms with E-state index in [1.165, 1.54) is 17.9 Å². The van der Waals surface area contributed by atoms with Crippen LogP contribution in [0.5, 0.6) is 0 Å². The van der Waals surface area contributed by atoms with Gasteiger partial charge in [-0.25, -0.2) is 17.2 Å². The van der Waals surface area contributed by atoms with Crippen molar-refractivity contribution in [1.82, 2.24) is 4.90 Å². The van der Waals surface area contributed by atoms with Crippen LogP contribution in [-0.2, 0) is 29.8 Å². The summed E-state index contributed by atoms with van der Waals surface area (Å²) in [6.45, 7) is 0.631. The van der Waals surface area contributed by atoms with E-state index in [4.69, 9.17) is 0 Å². The van der Waals surface area contributed by atoms with Crippen LogP contribution in [0.15, 0.2) is 47.4 Å². The molecule has 1 aliphatic carbocycles. The molecule has 0 spiro atoms. The number of carbonyl (C=O) groups is 2. The van der Waals surface area contributed by atoms with E-state index in [1.807, 2.05) is 0 Å². The summed E-state index contributed by atoms with van der Waals surface area (Å²) in [5, 5.41) is 9.23. The molecule has 6 nitrogen and oxygen atoms in total.